The van der Waals surface area contributed by atoms with Gasteiger partial charge in [0, 0.05) is 12.1 Å². The van der Waals surface area contributed by atoms with Crippen LogP contribution in [0.1, 0.15) is 22.8 Å². The fourth-order valence-electron chi connectivity index (χ4n) is 3.81. The van der Waals surface area contributed by atoms with Gasteiger partial charge in [-0.25, -0.2) is 4.79 Å². The first kappa shape index (κ1) is 28.3. The van der Waals surface area contributed by atoms with Gasteiger partial charge >= 0.3 is 5.97 Å². The fourth-order valence-corrected chi connectivity index (χ4v) is 4.57. The third-order valence-electron chi connectivity index (χ3n) is 5.62. The fraction of sp³-hybridized carbons (Fsp3) is 0.0690. The number of carbonyl (C=O) groups excluding carboxylic acids is 2. The number of ether oxygens (including phenoxy) is 2. The summed E-state index contributed by atoms with van der Waals surface area (Å²) < 4.78 is 11.8. The van der Waals surface area contributed by atoms with Crippen molar-refractivity contribution < 1.29 is 24.0 Å². The van der Waals surface area contributed by atoms with E-state index in [0.29, 0.717) is 15.6 Å². The molecule has 0 aliphatic rings. The van der Waals surface area contributed by atoms with Crippen molar-refractivity contribution >= 4 is 67.6 Å². The number of nitro benzene ring substituents is 1. The molecule has 9 nitrogen and oxygen atoms in total. The quantitative estimate of drug-likeness (QED) is 0.0545. The predicted octanol–water partition coefficient (Wildman–Crippen LogP) is 7.33. The van der Waals surface area contributed by atoms with Crippen molar-refractivity contribution in [1.29, 1.82) is 5.26 Å². The van der Waals surface area contributed by atoms with E-state index in [-0.39, 0.29) is 40.1 Å². The van der Waals surface area contributed by atoms with Gasteiger partial charge in [-0.1, -0.05) is 48.0 Å². The minimum absolute atomic E-state index is 0.0569. The number of halogens is 2. The molecule has 1 N–H and O–H groups in total. The molecule has 0 saturated carbocycles. The summed E-state index contributed by atoms with van der Waals surface area (Å²) in [5, 5.41) is 24.6. The summed E-state index contributed by atoms with van der Waals surface area (Å²) in [5.74, 6) is -1.01. The van der Waals surface area contributed by atoms with Crippen molar-refractivity contribution in [2.24, 2.45) is 0 Å². The van der Waals surface area contributed by atoms with E-state index < -0.39 is 16.8 Å². The zero-order valence-electron chi connectivity index (χ0n) is 20.8. The molecule has 0 atom stereocenters. The molecule has 0 fully saturated rings. The summed E-state index contributed by atoms with van der Waals surface area (Å²) in [7, 11) is 0. The third-order valence-corrected chi connectivity index (χ3v) is 6.53. The van der Waals surface area contributed by atoms with E-state index >= 15 is 0 Å². The second-order valence-corrected chi connectivity index (χ2v) is 9.49. The van der Waals surface area contributed by atoms with Crippen LogP contribution in [0.25, 0.3) is 16.8 Å². The van der Waals surface area contributed by atoms with Crippen molar-refractivity contribution in [1.82, 2.24) is 0 Å². The Morgan fingerprint density at radius 2 is 1.88 bits per heavy atom. The number of hydrogen-bond acceptors (Lipinski definition) is 7. The van der Waals surface area contributed by atoms with Crippen molar-refractivity contribution in [3.05, 3.63) is 109 Å². The molecule has 0 spiro atoms. The number of hydrogen-bond donors (Lipinski definition) is 1. The molecule has 0 aromatic heterocycles. The summed E-state index contributed by atoms with van der Waals surface area (Å²) in [4.78, 5) is 36.2. The number of nitrogens with zero attached hydrogens (tertiary/aromatic N) is 2. The highest BCUT2D eigenvalue weighted by Gasteiger charge is 2.20. The van der Waals surface area contributed by atoms with E-state index in [1.165, 1.54) is 24.3 Å². The number of rotatable bonds is 8. The Bertz CT molecular complexity index is 1730. The van der Waals surface area contributed by atoms with Crippen molar-refractivity contribution in [2.75, 3.05) is 11.9 Å². The van der Waals surface area contributed by atoms with Crippen molar-refractivity contribution in [2.45, 2.75) is 6.92 Å². The van der Waals surface area contributed by atoms with E-state index in [0.717, 1.165) is 16.8 Å². The largest absolute Gasteiger partial charge is 0.490 e. The summed E-state index contributed by atoms with van der Waals surface area (Å²) >= 11 is 9.46. The smallest absolute Gasteiger partial charge is 0.344 e. The summed E-state index contributed by atoms with van der Waals surface area (Å²) in [5.41, 5.74) is 0.370. The number of non-ortho nitro benzene ring substituents is 1. The second kappa shape index (κ2) is 12.4. The molecule has 0 aliphatic carbocycles. The molecular weight excluding hydrogens is 602 g/mol. The first-order valence-corrected chi connectivity index (χ1v) is 12.9. The number of amides is 1. The Balaban J connectivity index is 1.62. The lowest BCUT2D eigenvalue weighted by molar-refractivity contribution is -0.384. The minimum atomic E-state index is -0.779. The molecule has 1 amide bonds. The lowest BCUT2D eigenvalue weighted by Crippen LogP contribution is -2.14. The second-order valence-electron chi connectivity index (χ2n) is 8.22. The predicted molar refractivity (Wildman–Crippen MR) is 155 cm³/mol. The molecule has 4 aromatic rings. The standard InChI is InChI=1S/C29H19BrClN3O6/c1-2-39-26-14-17(12-19(16-32)28(35)33-25-11-10-20(34(37)38)15-24(25)31)13-23(30)27(26)40-29(36)22-9-5-7-18-6-3-4-8-21(18)22/h3-15H,2H2,1H3,(H,33,35). The van der Waals surface area contributed by atoms with Gasteiger partial charge in [-0.15, -0.1) is 0 Å². The molecule has 11 heteroatoms. The van der Waals surface area contributed by atoms with E-state index in [1.807, 2.05) is 36.4 Å². The molecular formula is C29H19BrClN3O6. The minimum Gasteiger partial charge on any atom is -0.490 e. The average molecular weight is 621 g/mol. The number of nitriles is 1. The number of nitro groups is 1. The molecule has 0 saturated heterocycles. The van der Waals surface area contributed by atoms with Crippen molar-refractivity contribution in [3.8, 4) is 17.6 Å². The molecule has 0 radical (unpaired) electrons. The maximum absolute atomic E-state index is 13.1. The van der Waals surface area contributed by atoms with Crippen LogP contribution < -0.4 is 14.8 Å². The number of benzene rings is 4. The van der Waals surface area contributed by atoms with Crippen LogP contribution in [0.4, 0.5) is 11.4 Å². The number of carbonyl (C=O) groups is 2. The Morgan fingerprint density at radius 3 is 2.58 bits per heavy atom. The lowest BCUT2D eigenvalue weighted by Gasteiger charge is -2.14. The first-order valence-electron chi connectivity index (χ1n) is 11.7. The highest BCUT2D eigenvalue weighted by molar-refractivity contribution is 9.10. The van der Waals surface area contributed by atoms with Crippen LogP contribution in [0.2, 0.25) is 5.02 Å². The van der Waals surface area contributed by atoms with Gasteiger partial charge in [0.05, 0.1) is 32.3 Å². The van der Waals surface area contributed by atoms with Crippen LogP contribution in [0.3, 0.4) is 0 Å². The third kappa shape index (κ3) is 6.29. The number of anilines is 1. The summed E-state index contributed by atoms with van der Waals surface area (Å²) in [6, 6.07) is 21.3. The maximum atomic E-state index is 13.1. The van der Waals surface area contributed by atoms with Gasteiger partial charge in [0.25, 0.3) is 11.6 Å². The van der Waals surface area contributed by atoms with E-state index in [9.17, 15) is 25.0 Å². The van der Waals surface area contributed by atoms with Gasteiger partial charge in [0.2, 0.25) is 0 Å². The van der Waals surface area contributed by atoms with Crippen molar-refractivity contribution in [3.63, 3.8) is 0 Å². The van der Waals surface area contributed by atoms with Gasteiger partial charge in [-0.05, 0) is 69.5 Å². The zero-order chi connectivity index (χ0) is 28.8. The molecule has 4 aromatic carbocycles. The Hall–Kier alpha value is -4.72. The van der Waals surface area contributed by atoms with Crippen LogP contribution in [-0.4, -0.2) is 23.4 Å². The molecule has 0 bridgehead atoms. The topological polar surface area (TPSA) is 132 Å². The molecule has 0 heterocycles. The SMILES string of the molecule is CCOc1cc(C=C(C#N)C(=O)Nc2ccc([N+](=O)[O-])cc2Cl)cc(Br)c1OC(=O)c1cccc2ccccc12. The molecule has 0 unspecified atom stereocenters. The molecule has 40 heavy (non-hydrogen) atoms. The van der Waals surface area contributed by atoms with Gasteiger partial charge < -0.3 is 14.8 Å². The van der Waals surface area contributed by atoms with Gasteiger partial charge in [-0.3, -0.25) is 14.9 Å². The Morgan fingerprint density at radius 1 is 1.12 bits per heavy atom. The van der Waals surface area contributed by atoms with Crippen LogP contribution in [-0.2, 0) is 4.79 Å². The normalized spacial score (nSPS) is 11.0. The van der Waals surface area contributed by atoms with Crippen LogP contribution in [0.15, 0.2) is 82.8 Å². The van der Waals surface area contributed by atoms with Gasteiger partial charge in [0.1, 0.15) is 11.6 Å². The van der Waals surface area contributed by atoms with Gasteiger partial charge in [0.15, 0.2) is 11.5 Å². The summed E-state index contributed by atoms with van der Waals surface area (Å²) in [6.07, 6.45) is 1.32. The Labute approximate surface area is 241 Å². The van der Waals surface area contributed by atoms with E-state index in [4.69, 9.17) is 21.1 Å². The van der Waals surface area contributed by atoms with Crippen LogP contribution in [0, 0.1) is 21.4 Å². The monoisotopic (exact) mass is 619 g/mol. The lowest BCUT2D eigenvalue weighted by atomic mass is 10.0. The summed E-state index contributed by atoms with van der Waals surface area (Å²) in [6.45, 7) is 2.01. The number of fused-ring (bicyclic) bond motifs is 1. The van der Waals surface area contributed by atoms with Gasteiger partial charge in [-0.2, -0.15) is 5.26 Å². The molecule has 4 rings (SSSR count). The Kier molecular flexibility index (Phi) is 8.79. The molecule has 0 aliphatic heterocycles. The molecule has 200 valence electrons. The zero-order valence-corrected chi connectivity index (χ0v) is 23.2. The van der Waals surface area contributed by atoms with Crippen LogP contribution in [0.5, 0.6) is 11.5 Å². The first-order chi connectivity index (χ1) is 19.2. The maximum Gasteiger partial charge on any atom is 0.344 e. The number of nitrogens with one attached hydrogen (secondary N) is 1. The number of esters is 1. The highest BCUT2D eigenvalue weighted by Crippen LogP contribution is 2.38. The van der Waals surface area contributed by atoms with E-state index in [1.54, 1.807) is 25.1 Å². The highest BCUT2D eigenvalue weighted by atomic mass is 79.9. The average Bonchev–Trinajstić information content (AvgIpc) is 2.94. The van der Waals surface area contributed by atoms with E-state index in [2.05, 4.69) is 21.2 Å². The van der Waals surface area contributed by atoms with Crippen LogP contribution >= 0.6 is 27.5 Å².